The number of hydrogen-bond acceptors (Lipinski definition) is 6. The predicted molar refractivity (Wildman–Crippen MR) is 110 cm³/mol. The smallest absolute Gasteiger partial charge is 0.329 e. The first-order valence-corrected chi connectivity index (χ1v) is 9.62. The standard InChI is InChI=1S/C22H24N2O6/c1-13-5-4-6-16(11-13)21(26)23-14(2)22(27)30-15(3)20(25)24-17-7-8-18-19(12-17)29-10-9-28-18/h4-8,11-12,14-15H,9-10H2,1-3H3,(H,23,26)(H,24,25)/t14-,15-/m1/s1. The maximum Gasteiger partial charge on any atom is 0.329 e. The van der Waals surface area contributed by atoms with Crippen LogP contribution in [0.3, 0.4) is 0 Å². The third-order valence-electron chi connectivity index (χ3n) is 4.45. The van der Waals surface area contributed by atoms with E-state index in [1.54, 1.807) is 36.4 Å². The molecule has 30 heavy (non-hydrogen) atoms. The highest BCUT2D eigenvalue weighted by Gasteiger charge is 2.24. The zero-order valence-electron chi connectivity index (χ0n) is 17.1. The molecule has 3 rings (SSSR count). The molecular weight excluding hydrogens is 388 g/mol. The Hall–Kier alpha value is -3.55. The Balaban J connectivity index is 1.52. The normalized spacial score (nSPS) is 14.2. The maximum atomic E-state index is 12.4. The molecule has 1 heterocycles. The van der Waals surface area contributed by atoms with Crippen molar-refractivity contribution in [2.75, 3.05) is 18.5 Å². The van der Waals surface area contributed by atoms with Gasteiger partial charge in [0.1, 0.15) is 19.3 Å². The van der Waals surface area contributed by atoms with E-state index in [-0.39, 0.29) is 0 Å². The van der Waals surface area contributed by atoms with Crippen LogP contribution in [0.25, 0.3) is 0 Å². The average molecular weight is 412 g/mol. The molecule has 0 aliphatic carbocycles. The molecule has 2 aromatic rings. The minimum atomic E-state index is -1.05. The molecule has 2 N–H and O–H groups in total. The van der Waals surface area contributed by atoms with E-state index in [1.807, 2.05) is 13.0 Å². The fourth-order valence-electron chi connectivity index (χ4n) is 2.82. The SMILES string of the molecule is Cc1cccc(C(=O)N[C@H](C)C(=O)O[C@H](C)C(=O)Nc2ccc3c(c2)OCCO3)c1. The second-order valence-electron chi connectivity index (χ2n) is 6.99. The van der Waals surface area contributed by atoms with Crippen LogP contribution in [0, 0.1) is 6.92 Å². The second kappa shape index (κ2) is 9.30. The van der Waals surface area contributed by atoms with Crippen molar-refractivity contribution < 1.29 is 28.6 Å². The number of anilines is 1. The Kier molecular flexibility index (Phi) is 6.56. The van der Waals surface area contributed by atoms with Gasteiger partial charge in [-0.15, -0.1) is 0 Å². The van der Waals surface area contributed by atoms with Crippen molar-refractivity contribution in [1.82, 2.24) is 5.32 Å². The topological polar surface area (TPSA) is 103 Å². The summed E-state index contributed by atoms with van der Waals surface area (Å²) in [6.45, 7) is 5.74. The molecular formula is C22H24N2O6. The van der Waals surface area contributed by atoms with Crippen molar-refractivity contribution in [3.8, 4) is 11.5 Å². The molecule has 0 radical (unpaired) electrons. The first-order chi connectivity index (χ1) is 14.3. The summed E-state index contributed by atoms with van der Waals surface area (Å²) in [7, 11) is 0. The molecule has 2 atom stereocenters. The van der Waals surface area contributed by atoms with Crippen LogP contribution >= 0.6 is 0 Å². The van der Waals surface area contributed by atoms with Gasteiger partial charge in [0, 0.05) is 17.3 Å². The van der Waals surface area contributed by atoms with E-state index in [0.29, 0.717) is 36.0 Å². The van der Waals surface area contributed by atoms with E-state index in [0.717, 1.165) is 5.56 Å². The molecule has 0 spiro atoms. The van der Waals surface area contributed by atoms with E-state index in [9.17, 15) is 14.4 Å². The Labute approximate surface area is 174 Å². The van der Waals surface area contributed by atoms with E-state index < -0.39 is 29.9 Å². The van der Waals surface area contributed by atoms with Gasteiger partial charge in [-0.05, 0) is 45.0 Å². The maximum absolute atomic E-state index is 12.4. The summed E-state index contributed by atoms with van der Waals surface area (Å²) in [5, 5.41) is 5.25. The van der Waals surface area contributed by atoms with Gasteiger partial charge in [-0.2, -0.15) is 0 Å². The molecule has 1 aliphatic rings. The number of aryl methyl sites for hydroxylation is 1. The Morgan fingerprint density at radius 1 is 1.00 bits per heavy atom. The lowest BCUT2D eigenvalue weighted by atomic mass is 10.1. The van der Waals surface area contributed by atoms with Gasteiger partial charge < -0.3 is 24.8 Å². The highest BCUT2D eigenvalue weighted by Crippen LogP contribution is 2.32. The number of amides is 2. The Morgan fingerprint density at radius 2 is 1.73 bits per heavy atom. The number of benzene rings is 2. The van der Waals surface area contributed by atoms with Crippen molar-refractivity contribution in [3.63, 3.8) is 0 Å². The molecule has 0 saturated carbocycles. The van der Waals surface area contributed by atoms with E-state index in [4.69, 9.17) is 14.2 Å². The van der Waals surface area contributed by atoms with Gasteiger partial charge in [0.2, 0.25) is 0 Å². The van der Waals surface area contributed by atoms with Crippen LogP contribution in [0.2, 0.25) is 0 Å². The molecule has 0 unspecified atom stereocenters. The fourth-order valence-corrected chi connectivity index (χ4v) is 2.82. The van der Waals surface area contributed by atoms with E-state index >= 15 is 0 Å². The highest BCUT2D eigenvalue weighted by atomic mass is 16.6. The van der Waals surface area contributed by atoms with Gasteiger partial charge in [-0.25, -0.2) is 4.79 Å². The number of esters is 1. The lowest BCUT2D eigenvalue weighted by Gasteiger charge is -2.20. The second-order valence-corrected chi connectivity index (χ2v) is 6.99. The van der Waals surface area contributed by atoms with Crippen molar-refractivity contribution in [3.05, 3.63) is 53.6 Å². The minimum Gasteiger partial charge on any atom is -0.486 e. The molecule has 1 aliphatic heterocycles. The molecule has 0 bridgehead atoms. The monoisotopic (exact) mass is 412 g/mol. The molecule has 8 nitrogen and oxygen atoms in total. The number of hydrogen-bond donors (Lipinski definition) is 2. The summed E-state index contributed by atoms with van der Waals surface area (Å²) in [4.78, 5) is 36.9. The third kappa shape index (κ3) is 5.28. The van der Waals surface area contributed by atoms with Crippen LogP contribution in [0.15, 0.2) is 42.5 Å². The molecule has 8 heteroatoms. The lowest BCUT2D eigenvalue weighted by molar-refractivity contribution is -0.154. The van der Waals surface area contributed by atoms with Crippen molar-refractivity contribution >= 4 is 23.5 Å². The van der Waals surface area contributed by atoms with Crippen LogP contribution in [-0.4, -0.2) is 43.1 Å². The Morgan fingerprint density at radius 3 is 2.47 bits per heavy atom. The number of rotatable bonds is 6. The van der Waals surface area contributed by atoms with Crippen LogP contribution in [0.1, 0.15) is 29.8 Å². The van der Waals surface area contributed by atoms with Crippen LogP contribution in [-0.2, 0) is 14.3 Å². The Bertz CT molecular complexity index is 958. The van der Waals surface area contributed by atoms with Crippen molar-refractivity contribution in [1.29, 1.82) is 0 Å². The lowest BCUT2D eigenvalue weighted by Crippen LogP contribution is -2.42. The predicted octanol–water partition coefficient (Wildman–Crippen LogP) is 2.45. The molecule has 2 aromatic carbocycles. The van der Waals surface area contributed by atoms with Gasteiger partial charge in [-0.1, -0.05) is 17.7 Å². The number of fused-ring (bicyclic) bond motifs is 1. The zero-order chi connectivity index (χ0) is 21.7. The van der Waals surface area contributed by atoms with Crippen molar-refractivity contribution in [2.45, 2.75) is 32.9 Å². The summed E-state index contributed by atoms with van der Waals surface area (Å²) >= 11 is 0. The number of carbonyl (C=O) groups excluding carboxylic acids is 3. The number of carbonyl (C=O) groups is 3. The summed E-state index contributed by atoms with van der Waals surface area (Å²) in [6, 6.07) is 11.1. The average Bonchev–Trinajstić information content (AvgIpc) is 2.73. The van der Waals surface area contributed by atoms with Crippen LogP contribution < -0.4 is 20.1 Å². The first-order valence-electron chi connectivity index (χ1n) is 9.62. The van der Waals surface area contributed by atoms with E-state index in [1.165, 1.54) is 13.8 Å². The van der Waals surface area contributed by atoms with Crippen LogP contribution in [0.5, 0.6) is 11.5 Å². The minimum absolute atomic E-state index is 0.392. The number of nitrogens with one attached hydrogen (secondary N) is 2. The van der Waals surface area contributed by atoms with Crippen molar-refractivity contribution in [2.24, 2.45) is 0 Å². The molecule has 0 fully saturated rings. The van der Waals surface area contributed by atoms with Gasteiger partial charge >= 0.3 is 5.97 Å². The summed E-state index contributed by atoms with van der Waals surface area (Å²) < 4.78 is 16.1. The zero-order valence-corrected chi connectivity index (χ0v) is 17.1. The van der Waals surface area contributed by atoms with Gasteiger partial charge in [0.05, 0.1) is 0 Å². The summed E-state index contributed by atoms with van der Waals surface area (Å²) in [5.74, 6) is -0.456. The van der Waals surface area contributed by atoms with Gasteiger partial charge in [-0.3, -0.25) is 9.59 Å². The number of ether oxygens (including phenoxy) is 3. The molecule has 0 saturated heterocycles. The van der Waals surface area contributed by atoms with Crippen LogP contribution in [0.4, 0.5) is 5.69 Å². The summed E-state index contributed by atoms with van der Waals surface area (Å²) in [5.41, 5.74) is 1.87. The molecule has 158 valence electrons. The molecule has 0 aromatic heterocycles. The molecule has 2 amide bonds. The van der Waals surface area contributed by atoms with Gasteiger partial charge in [0.15, 0.2) is 17.6 Å². The fraction of sp³-hybridized carbons (Fsp3) is 0.318. The van der Waals surface area contributed by atoms with Gasteiger partial charge in [0.25, 0.3) is 11.8 Å². The van der Waals surface area contributed by atoms with E-state index in [2.05, 4.69) is 10.6 Å². The quantitative estimate of drug-likeness (QED) is 0.707. The first kappa shape index (κ1) is 21.2. The highest BCUT2D eigenvalue weighted by molar-refractivity contribution is 5.98. The third-order valence-corrected chi connectivity index (χ3v) is 4.45. The summed E-state index contributed by atoms with van der Waals surface area (Å²) in [6.07, 6.45) is -1.05. The largest absolute Gasteiger partial charge is 0.486 e.